The van der Waals surface area contributed by atoms with Crippen molar-refractivity contribution >= 4 is 0 Å². The van der Waals surface area contributed by atoms with Crippen molar-refractivity contribution in [2.75, 3.05) is 0 Å². The van der Waals surface area contributed by atoms with Crippen LogP contribution in [0.4, 0.5) is 0 Å². The minimum atomic E-state index is 0.00389. The molecule has 0 unspecified atom stereocenters. The third-order valence-electron chi connectivity index (χ3n) is 8.90. The van der Waals surface area contributed by atoms with Gasteiger partial charge >= 0.3 is 0 Å². The Morgan fingerprint density at radius 3 is 2.75 bits per heavy atom. The molecule has 1 spiro atoms. The van der Waals surface area contributed by atoms with Gasteiger partial charge < -0.3 is 5.11 Å². The topological polar surface area (TPSA) is 20.2 Å². The molecule has 0 amide bonds. The maximum atomic E-state index is 11.0. The van der Waals surface area contributed by atoms with Crippen molar-refractivity contribution in [2.45, 2.75) is 64.9 Å². The van der Waals surface area contributed by atoms with Crippen molar-refractivity contribution in [1.29, 1.82) is 0 Å². The van der Waals surface area contributed by atoms with Crippen LogP contribution in [0, 0.1) is 39.9 Å². The molecule has 0 aromatic carbocycles. The fraction of sp³-hybridized carbons (Fsp3) is 0.895. The van der Waals surface area contributed by atoms with Crippen LogP contribution in [0.25, 0.3) is 0 Å². The maximum Gasteiger partial charge on any atom is 0.0607 e. The average Bonchev–Trinajstić information content (AvgIpc) is 2.90. The Kier molecular flexibility index (Phi) is 2.07. The van der Waals surface area contributed by atoms with Crippen molar-refractivity contribution in [2.24, 2.45) is 39.9 Å². The lowest BCUT2D eigenvalue weighted by molar-refractivity contribution is -0.141. The van der Waals surface area contributed by atoms with E-state index in [-0.39, 0.29) is 6.10 Å². The van der Waals surface area contributed by atoms with E-state index in [0.717, 1.165) is 30.1 Å². The zero-order chi connectivity index (χ0) is 13.8. The molecule has 0 aliphatic heterocycles. The van der Waals surface area contributed by atoms with Crippen LogP contribution >= 0.6 is 0 Å². The maximum absolute atomic E-state index is 11.0. The molecule has 0 bridgehead atoms. The van der Waals surface area contributed by atoms with E-state index in [1.807, 2.05) is 0 Å². The highest BCUT2D eigenvalue weighted by Gasteiger charge is 2.76. The van der Waals surface area contributed by atoms with Crippen LogP contribution in [0.5, 0.6) is 0 Å². The van der Waals surface area contributed by atoms with Gasteiger partial charge in [0.15, 0.2) is 0 Å². The Morgan fingerprint density at radius 1 is 1.10 bits per heavy atom. The molecule has 8 atom stereocenters. The van der Waals surface area contributed by atoms with E-state index in [1.165, 1.54) is 38.5 Å². The summed E-state index contributed by atoms with van der Waals surface area (Å²) in [7, 11) is 0. The van der Waals surface area contributed by atoms with Crippen molar-refractivity contribution in [3.8, 4) is 0 Å². The number of allylic oxidation sites excluding steroid dienone is 2. The lowest BCUT2D eigenvalue weighted by Crippen LogP contribution is -2.55. The predicted octanol–water partition coefficient (Wildman–Crippen LogP) is 4.17. The van der Waals surface area contributed by atoms with E-state index in [1.54, 1.807) is 0 Å². The van der Waals surface area contributed by atoms with Crippen LogP contribution in [0.1, 0.15) is 58.8 Å². The van der Waals surface area contributed by atoms with Gasteiger partial charge in [-0.3, -0.25) is 0 Å². The van der Waals surface area contributed by atoms with Crippen LogP contribution in [0.15, 0.2) is 12.2 Å². The minimum Gasteiger partial charge on any atom is -0.393 e. The van der Waals surface area contributed by atoms with Crippen LogP contribution in [0.3, 0.4) is 0 Å². The standard InChI is InChI=1S/C19H28O/c1-17-7-3-4-14(17)13-10-16(20)19-11-12(19)5-9-18(19,2)15(13)6-8-17/h3,7,12-16,20H,4-6,8-11H2,1-2H3/t12-,13+,14+,15+,16-,17+,18-,19+/m1/s1. The van der Waals surface area contributed by atoms with Gasteiger partial charge in [-0.15, -0.1) is 0 Å². The number of hydrogen-bond donors (Lipinski definition) is 1. The highest BCUT2D eigenvalue weighted by Crippen LogP contribution is 2.81. The lowest BCUT2D eigenvalue weighted by Gasteiger charge is -2.59. The van der Waals surface area contributed by atoms with E-state index in [4.69, 9.17) is 0 Å². The summed E-state index contributed by atoms with van der Waals surface area (Å²) in [6, 6.07) is 0. The number of hydrogen-bond acceptors (Lipinski definition) is 1. The highest BCUT2D eigenvalue weighted by atomic mass is 16.3. The Balaban J connectivity index is 1.57. The molecule has 0 aromatic heterocycles. The molecular weight excluding hydrogens is 244 g/mol. The lowest BCUT2D eigenvalue weighted by atomic mass is 9.46. The predicted molar refractivity (Wildman–Crippen MR) is 80.1 cm³/mol. The van der Waals surface area contributed by atoms with Gasteiger partial charge in [0, 0.05) is 5.41 Å². The minimum absolute atomic E-state index is 0.00389. The van der Waals surface area contributed by atoms with Gasteiger partial charge in [-0.1, -0.05) is 26.0 Å². The SMILES string of the molecule is C[C@@]12C=CC[C@H]1[C@@H]1C[C@@H](O)[C@]34C[C@H]3CC[C@]4(C)[C@H]1CC2. The number of aliphatic hydroxyl groups excluding tert-OH is 1. The average molecular weight is 272 g/mol. The largest absolute Gasteiger partial charge is 0.393 e. The molecule has 5 rings (SSSR count). The second kappa shape index (κ2) is 3.37. The smallest absolute Gasteiger partial charge is 0.0607 e. The van der Waals surface area contributed by atoms with E-state index < -0.39 is 0 Å². The van der Waals surface area contributed by atoms with Gasteiger partial charge in [-0.2, -0.15) is 0 Å². The van der Waals surface area contributed by atoms with E-state index in [0.29, 0.717) is 16.2 Å². The summed E-state index contributed by atoms with van der Waals surface area (Å²) in [5.41, 5.74) is 1.27. The number of rotatable bonds is 0. The van der Waals surface area contributed by atoms with Crippen molar-refractivity contribution in [3.05, 3.63) is 12.2 Å². The van der Waals surface area contributed by atoms with Crippen LogP contribution in [0.2, 0.25) is 0 Å². The second-order valence-electron chi connectivity index (χ2n) is 9.21. The fourth-order valence-electron chi connectivity index (χ4n) is 7.79. The molecule has 1 N–H and O–H groups in total. The number of aliphatic hydroxyl groups is 1. The fourth-order valence-corrected chi connectivity index (χ4v) is 7.79. The molecule has 4 saturated carbocycles. The van der Waals surface area contributed by atoms with Gasteiger partial charge in [0.25, 0.3) is 0 Å². The quantitative estimate of drug-likeness (QED) is 0.656. The summed E-state index contributed by atoms with van der Waals surface area (Å²) < 4.78 is 0. The third kappa shape index (κ3) is 1.11. The normalized spacial score (nSPS) is 66.2. The molecule has 5 aliphatic rings. The van der Waals surface area contributed by atoms with Gasteiger partial charge in [-0.05, 0) is 79.4 Å². The third-order valence-corrected chi connectivity index (χ3v) is 8.90. The molecule has 20 heavy (non-hydrogen) atoms. The Morgan fingerprint density at radius 2 is 1.95 bits per heavy atom. The monoisotopic (exact) mass is 272 g/mol. The summed E-state index contributed by atoms with van der Waals surface area (Å²) in [5, 5.41) is 11.0. The molecular formula is C19H28O. The van der Waals surface area contributed by atoms with Crippen LogP contribution < -0.4 is 0 Å². The molecule has 1 heteroatoms. The Hall–Kier alpha value is -0.300. The zero-order valence-electron chi connectivity index (χ0n) is 12.9. The van der Waals surface area contributed by atoms with E-state index >= 15 is 0 Å². The molecule has 110 valence electrons. The zero-order valence-corrected chi connectivity index (χ0v) is 12.9. The molecule has 0 aromatic rings. The van der Waals surface area contributed by atoms with Crippen molar-refractivity contribution in [1.82, 2.24) is 0 Å². The summed E-state index contributed by atoms with van der Waals surface area (Å²) >= 11 is 0. The highest BCUT2D eigenvalue weighted by molar-refractivity contribution is 5.26. The number of fused-ring (bicyclic) bond motifs is 4. The Bertz CT molecular complexity index is 496. The summed E-state index contributed by atoms with van der Waals surface area (Å²) in [6.07, 6.45) is 14.3. The Labute approximate surface area is 122 Å². The van der Waals surface area contributed by atoms with E-state index in [9.17, 15) is 5.11 Å². The summed E-state index contributed by atoms with van der Waals surface area (Å²) in [4.78, 5) is 0. The molecule has 0 saturated heterocycles. The molecule has 0 heterocycles. The first kappa shape index (κ1) is 12.3. The molecule has 5 aliphatic carbocycles. The van der Waals surface area contributed by atoms with Crippen LogP contribution in [-0.4, -0.2) is 11.2 Å². The van der Waals surface area contributed by atoms with Crippen LogP contribution in [-0.2, 0) is 0 Å². The first-order valence-corrected chi connectivity index (χ1v) is 8.87. The summed E-state index contributed by atoms with van der Waals surface area (Å²) in [5.74, 6) is 3.38. The van der Waals surface area contributed by atoms with Crippen molar-refractivity contribution in [3.63, 3.8) is 0 Å². The first-order valence-electron chi connectivity index (χ1n) is 8.87. The second-order valence-corrected chi connectivity index (χ2v) is 9.21. The molecule has 0 radical (unpaired) electrons. The van der Waals surface area contributed by atoms with Gasteiger partial charge in [0.1, 0.15) is 0 Å². The molecule has 4 fully saturated rings. The van der Waals surface area contributed by atoms with E-state index in [2.05, 4.69) is 26.0 Å². The van der Waals surface area contributed by atoms with Gasteiger partial charge in [0.2, 0.25) is 0 Å². The summed E-state index contributed by atoms with van der Waals surface area (Å²) in [6.45, 7) is 5.04. The van der Waals surface area contributed by atoms with Crippen molar-refractivity contribution < 1.29 is 5.11 Å². The molecule has 1 nitrogen and oxygen atoms in total. The van der Waals surface area contributed by atoms with Gasteiger partial charge in [0.05, 0.1) is 6.10 Å². The first-order chi connectivity index (χ1) is 9.51. The van der Waals surface area contributed by atoms with Gasteiger partial charge in [-0.25, -0.2) is 0 Å².